The molecule has 0 fully saturated rings. The van der Waals surface area contributed by atoms with Crippen molar-refractivity contribution in [2.75, 3.05) is 0 Å². The van der Waals surface area contributed by atoms with Crippen molar-refractivity contribution in [1.82, 2.24) is 0 Å². The summed E-state index contributed by atoms with van der Waals surface area (Å²) in [6.45, 7) is 5.80. The van der Waals surface area contributed by atoms with Gasteiger partial charge in [0.05, 0.1) is 11.4 Å². The Morgan fingerprint density at radius 2 is 0.947 bits per heavy atom. The van der Waals surface area contributed by atoms with Crippen LogP contribution in [0.5, 0.6) is 0 Å². The molecule has 0 amide bonds. The molecule has 0 heterocycles. The van der Waals surface area contributed by atoms with Gasteiger partial charge in [0.25, 0.3) is 0 Å². The van der Waals surface area contributed by atoms with E-state index in [1.165, 1.54) is 107 Å². The van der Waals surface area contributed by atoms with Gasteiger partial charge in [-0.25, -0.2) is 0 Å². The summed E-state index contributed by atoms with van der Waals surface area (Å²) in [5.41, 5.74) is 4.60. The van der Waals surface area contributed by atoms with Crippen LogP contribution in [0.15, 0.2) is 71.4 Å². The molecule has 0 N–H and O–H groups in total. The van der Waals surface area contributed by atoms with Gasteiger partial charge >= 0.3 is 0 Å². The van der Waals surface area contributed by atoms with Crippen LogP contribution in [0.3, 0.4) is 0 Å². The predicted octanol–water partition coefficient (Wildman–Crippen LogP) is 11.6. The predicted molar refractivity (Wildman–Crippen MR) is 164 cm³/mol. The van der Waals surface area contributed by atoms with Gasteiger partial charge in [-0.2, -0.15) is 10.2 Å². The topological polar surface area (TPSA) is 41.8 Å². The van der Waals surface area contributed by atoms with Crippen molar-refractivity contribution in [2.24, 2.45) is 10.2 Å². The van der Waals surface area contributed by atoms with E-state index in [-0.39, 0.29) is 5.78 Å². The maximum Gasteiger partial charge on any atom is 0.155 e. The molecule has 2 rings (SSSR count). The van der Waals surface area contributed by atoms with Crippen LogP contribution in [-0.2, 0) is 17.6 Å². The fourth-order valence-electron chi connectivity index (χ4n) is 4.83. The molecule has 3 heteroatoms. The molecule has 0 aromatic heterocycles. The lowest BCUT2D eigenvalue weighted by atomic mass is 10.0. The molecule has 0 bridgehead atoms. The third-order valence-electron chi connectivity index (χ3n) is 7.34. The zero-order valence-electron chi connectivity index (χ0n) is 24.1. The number of unbranched alkanes of at least 4 members (excludes halogenated alkanes) is 14. The minimum atomic E-state index is 0.176. The second-order valence-corrected chi connectivity index (χ2v) is 10.8. The lowest BCUT2D eigenvalue weighted by molar-refractivity contribution is -0.114. The summed E-state index contributed by atoms with van der Waals surface area (Å²) in [7, 11) is 0. The van der Waals surface area contributed by atoms with Crippen molar-refractivity contribution in [3.63, 3.8) is 0 Å². The molecule has 0 aliphatic rings. The smallest absolute Gasteiger partial charge is 0.155 e. The van der Waals surface area contributed by atoms with Crippen LogP contribution in [-0.4, -0.2) is 5.78 Å². The summed E-state index contributed by atoms with van der Waals surface area (Å²) in [4.78, 5) is 11.2. The molecule has 0 radical (unpaired) electrons. The van der Waals surface area contributed by atoms with Crippen molar-refractivity contribution in [3.8, 4) is 0 Å². The second kappa shape index (κ2) is 21.4. The zero-order valence-corrected chi connectivity index (χ0v) is 24.1. The molecule has 0 spiro atoms. The Bertz CT molecular complexity index is 899. The summed E-state index contributed by atoms with van der Waals surface area (Å²) < 4.78 is 0. The molecule has 2 aromatic rings. The first-order valence-corrected chi connectivity index (χ1v) is 15.5. The molecule has 3 nitrogen and oxygen atoms in total. The van der Waals surface area contributed by atoms with Crippen LogP contribution in [0.2, 0.25) is 0 Å². The third kappa shape index (κ3) is 15.6. The number of nitrogens with zero attached hydrogens (tertiary/aromatic N) is 2. The number of azo groups is 1. The minimum Gasteiger partial charge on any atom is -0.295 e. The van der Waals surface area contributed by atoms with Gasteiger partial charge in [0, 0.05) is 6.42 Å². The Hall–Kier alpha value is -2.55. The first kappa shape index (κ1) is 31.7. The van der Waals surface area contributed by atoms with Gasteiger partial charge in [-0.1, -0.05) is 121 Å². The largest absolute Gasteiger partial charge is 0.295 e. The molecular weight excluding hydrogens is 464 g/mol. The van der Waals surface area contributed by atoms with Gasteiger partial charge in [-0.3, -0.25) is 4.79 Å². The average molecular weight is 517 g/mol. The molecule has 38 heavy (non-hydrogen) atoms. The summed E-state index contributed by atoms with van der Waals surface area (Å²) in [6, 6.07) is 17.1. The highest BCUT2D eigenvalue weighted by atomic mass is 16.1. The summed E-state index contributed by atoms with van der Waals surface area (Å²) in [6.07, 6.45) is 25.1. The Kier molecular flexibility index (Phi) is 17.8. The number of aryl methyl sites for hydroxylation is 2. The Morgan fingerprint density at radius 1 is 0.579 bits per heavy atom. The highest BCUT2D eigenvalue weighted by Gasteiger charge is 1.99. The molecule has 0 atom stereocenters. The van der Waals surface area contributed by atoms with E-state index in [9.17, 15) is 4.79 Å². The second-order valence-electron chi connectivity index (χ2n) is 10.8. The number of allylic oxidation sites excluding steroid dienone is 1. The van der Waals surface area contributed by atoms with E-state index in [1.807, 2.05) is 0 Å². The third-order valence-corrected chi connectivity index (χ3v) is 7.34. The maximum absolute atomic E-state index is 11.2. The van der Waals surface area contributed by atoms with E-state index >= 15 is 0 Å². The molecule has 208 valence electrons. The highest BCUT2D eigenvalue weighted by Crippen LogP contribution is 2.21. The van der Waals surface area contributed by atoms with Crippen LogP contribution < -0.4 is 0 Å². The lowest BCUT2D eigenvalue weighted by Gasteiger charge is -2.04. The van der Waals surface area contributed by atoms with Gasteiger partial charge in [-0.15, -0.1) is 0 Å². The molecule has 0 aliphatic heterocycles. The average Bonchev–Trinajstić information content (AvgIpc) is 2.95. The fourth-order valence-corrected chi connectivity index (χ4v) is 4.83. The van der Waals surface area contributed by atoms with Crippen molar-refractivity contribution in [3.05, 3.63) is 72.3 Å². The highest BCUT2D eigenvalue weighted by molar-refractivity contribution is 5.88. The van der Waals surface area contributed by atoms with Crippen molar-refractivity contribution < 1.29 is 4.79 Å². The van der Waals surface area contributed by atoms with Crippen molar-refractivity contribution >= 4 is 17.2 Å². The quantitative estimate of drug-likeness (QED) is 0.0822. The normalized spacial score (nSPS) is 11.3. The number of carbonyl (C=O) groups excluding carboxylic acids is 1. The van der Waals surface area contributed by atoms with E-state index in [1.54, 1.807) is 0 Å². The number of rotatable bonds is 23. The number of carbonyl (C=O) groups is 1. The molecule has 2 aromatic carbocycles. The van der Waals surface area contributed by atoms with Gasteiger partial charge in [0.1, 0.15) is 0 Å². The van der Waals surface area contributed by atoms with Crippen LogP contribution >= 0.6 is 0 Å². The molecule has 0 saturated heterocycles. The van der Waals surface area contributed by atoms with Crippen LogP contribution in [0.1, 0.15) is 127 Å². The number of benzene rings is 2. The van der Waals surface area contributed by atoms with E-state index < -0.39 is 0 Å². The Morgan fingerprint density at radius 3 is 1.34 bits per heavy atom. The van der Waals surface area contributed by atoms with Crippen LogP contribution in [0, 0.1) is 0 Å². The maximum atomic E-state index is 11.2. The van der Waals surface area contributed by atoms with E-state index in [0.717, 1.165) is 37.1 Å². The summed E-state index contributed by atoms with van der Waals surface area (Å²) in [5, 5.41) is 8.86. The SMILES string of the molecule is C=CC(=O)CCCCCCCCCCc1ccc(N=Nc2ccc(CCCCCCCCCC)cc2)cc1. The van der Waals surface area contributed by atoms with E-state index in [4.69, 9.17) is 0 Å². The summed E-state index contributed by atoms with van der Waals surface area (Å²) in [5.74, 6) is 0.176. The zero-order chi connectivity index (χ0) is 27.1. The van der Waals surface area contributed by atoms with Gasteiger partial charge in [0.2, 0.25) is 0 Å². The van der Waals surface area contributed by atoms with Gasteiger partial charge < -0.3 is 0 Å². The number of hydrogen-bond acceptors (Lipinski definition) is 3. The first-order chi connectivity index (χ1) is 18.7. The monoisotopic (exact) mass is 516 g/mol. The molecular formula is C35H52N2O. The molecule has 0 aliphatic carbocycles. The lowest BCUT2D eigenvalue weighted by Crippen LogP contribution is -1.91. The number of ketones is 1. The van der Waals surface area contributed by atoms with E-state index in [2.05, 4.69) is 72.3 Å². The Labute approximate surface area is 233 Å². The van der Waals surface area contributed by atoms with Crippen LogP contribution in [0.4, 0.5) is 11.4 Å². The van der Waals surface area contributed by atoms with E-state index in [0.29, 0.717) is 6.42 Å². The Balaban J connectivity index is 1.54. The standard InChI is InChI=1S/C35H52N2O/c1-3-5-6-7-8-11-14-17-20-31-23-27-33(28-24-31)36-37-34-29-25-32(26-30-34)21-18-15-12-9-10-13-16-19-22-35(38)4-2/h4,23-30H,2-3,5-22H2,1H3. The van der Waals surface area contributed by atoms with Gasteiger partial charge in [-0.05, 0) is 73.6 Å². The van der Waals surface area contributed by atoms with Crippen molar-refractivity contribution in [1.29, 1.82) is 0 Å². The fraction of sp³-hybridized carbons (Fsp3) is 0.571. The number of hydrogen-bond donors (Lipinski definition) is 0. The van der Waals surface area contributed by atoms with Crippen LogP contribution in [0.25, 0.3) is 0 Å². The molecule has 0 saturated carbocycles. The first-order valence-electron chi connectivity index (χ1n) is 15.5. The van der Waals surface area contributed by atoms with Gasteiger partial charge in [0.15, 0.2) is 5.78 Å². The molecule has 0 unspecified atom stereocenters. The van der Waals surface area contributed by atoms with Crippen molar-refractivity contribution in [2.45, 2.75) is 129 Å². The minimum absolute atomic E-state index is 0.176. The summed E-state index contributed by atoms with van der Waals surface area (Å²) >= 11 is 0.